The highest BCUT2D eigenvalue weighted by Gasteiger charge is 2.21. The van der Waals surface area contributed by atoms with Gasteiger partial charge in [0.2, 0.25) is 0 Å². The summed E-state index contributed by atoms with van der Waals surface area (Å²) in [5, 5.41) is -6.95. The third-order valence-corrected chi connectivity index (χ3v) is 8.71. The van der Waals surface area contributed by atoms with E-state index in [0.29, 0.717) is 0 Å². The second kappa shape index (κ2) is 10.9. The molecule has 1 aromatic heterocycles. The third kappa shape index (κ3) is 4.16. The predicted octanol–water partition coefficient (Wildman–Crippen LogP) is 14.4. The SMILES string of the molecule is [2H]c1cc2c(c([2H])c1-c1c([2H])c([2H])c([2H])c([2H])c1[2H])c1c([2H])c([2H])c([2H])c([2H])c1c1c([2H])c(-c3c4c([2H])c([2H])c([2H])c([2H])c4c(-c4c([2H])c([2H])c([2H])c5c4oc4c([2H])c([2H])c([2H])c([2H])c45)c4c([2H])c([2H])c([2H])c([2H])c34)c([2H])c([2H])c21. The highest BCUT2D eigenvalue weighted by atomic mass is 16.3. The van der Waals surface area contributed by atoms with Gasteiger partial charge in [0, 0.05) is 21.9 Å². The number of rotatable bonds is 3. The molecule has 11 rings (SSSR count). The van der Waals surface area contributed by atoms with Crippen LogP contribution in [0, 0.1) is 0 Å². The first-order chi connectivity index (χ1) is 37.4. The van der Waals surface area contributed by atoms with Crippen LogP contribution in [0.15, 0.2) is 186 Å². The molecule has 1 heteroatoms. The first-order valence-electron chi connectivity index (χ1n) is 29.7. The van der Waals surface area contributed by atoms with Gasteiger partial charge < -0.3 is 4.42 Å². The second-order valence-corrected chi connectivity index (χ2v) is 11.3. The van der Waals surface area contributed by atoms with Crippen molar-refractivity contribution in [1.29, 1.82) is 0 Å². The molecule has 236 valence electrons. The second-order valence-electron chi connectivity index (χ2n) is 11.3. The molecule has 11 aromatic rings. The van der Waals surface area contributed by atoms with E-state index in [4.69, 9.17) is 27.7 Å². The van der Waals surface area contributed by atoms with E-state index in [0.717, 1.165) is 6.07 Å². The molecular formula is C50H30O. The normalized spacial score (nSPS) is 19.9. The van der Waals surface area contributed by atoms with Crippen LogP contribution in [-0.2, 0) is 0 Å². The van der Waals surface area contributed by atoms with Crippen molar-refractivity contribution in [1.82, 2.24) is 0 Å². The number of para-hydroxylation sites is 2. The molecule has 10 aromatic carbocycles. The van der Waals surface area contributed by atoms with Crippen molar-refractivity contribution in [3.8, 4) is 33.4 Å². The van der Waals surface area contributed by atoms with E-state index in [9.17, 15) is 16.4 Å². The highest BCUT2D eigenvalue weighted by Crippen LogP contribution is 2.47. The van der Waals surface area contributed by atoms with Gasteiger partial charge >= 0.3 is 0 Å². The predicted molar refractivity (Wildman–Crippen MR) is 218 cm³/mol. The van der Waals surface area contributed by atoms with Crippen LogP contribution in [0.25, 0.3) is 109 Å². The lowest BCUT2D eigenvalue weighted by Gasteiger charge is -2.19. The van der Waals surface area contributed by atoms with Crippen molar-refractivity contribution in [2.75, 3.05) is 0 Å². The van der Waals surface area contributed by atoms with Crippen LogP contribution in [0.2, 0.25) is 0 Å². The Morgan fingerprint density at radius 3 is 1.55 bits per heavy atom. The van der Waals surface area contributed by atoms with Crippen molar-refractivity contribution >= 4 is 75.8 Å². The van der Waals surface area contributed by atoms with E-state index in [1.54, 1.807) is 0 Å². The Balaban J connectivity index is 1.44. The van der Waals surface area contributed by atoms with Gasteiger partial charge in [-0.15, -0.1) is 0 Å². The molecular weight excluding hydrogens is 617 g/mol. The summed E-state index contributed by atoms with van der Waals surface area (Å²) in [5.41, 5.74) is -5.35. The van der Waals surface area contributed by atoms with E-state index in [2.05, 4.69) is 0 Å². The maximum Gasteiger partial charge on any atom is 0.143 e. The fourth-order valence-corrected chi connectivity index (χ4v) is 6.59. The zero-order valence-electron chi connectivity index (χ0n) is 54.5. The topological polar surface area (TPSA) is 13.1 Å². The quantitative estimate of drug-likeness (QED) is 0.134. The molecule has 0 bridgehead atoms. The molecule has 0 aliphatic heterocycles. The Morgan fingerprint density at radius 2 is 0.843 bits per heavy atom. The van der Waals surface area contributed by atoms with Crippen molar-refractivity contribution in [2.45, 2.75) is 0 Å². The lowest BCUT2D eigenvalue weighted by molar-refractivity contribution is 0.670. The Kier molecular flexibility index (Phi) is 2.56. The van der Waals surface area contributed by atoms with E-state index < -0.39 is 279 Å². The zero-order valence-corrected chi connectivity index (χ0v) is 25.5. The van der Waals surface area contributed by atoms with E-state index in [-0.39, 0.29) is 5.39 Å². The zero-order chi connectivity index (χ0) is 58.7. The molecule has 51 heavy (non-hydrogen) atoms. The number of furan rings is 1. The summed E-state index contributed by atoms with van der Waals surface area (Å²) >= 11 is 0. The molecule has 1 heterocycles. The summed E-state index contributed by atoms with van der Waals surface area (Å²) in [6, 6.07) is -24.9. The molecule has 0 radical (unpaired) electrons. The van der Waals surface area contributed by atoms with E-state index in [1.165, 1.54) is 0 Å². The fourth-order valence-electron chi connectivity index (χ4n) is 6.59. The van der Waals surface area contributed by atoms with Crippen molar-refractivity contribution in [2.24, 2.45) is 0 Å². The van der Waals surface area contributed by atoms with Gasteiger partial charge in [-0.1, -0.05) is 163 Å². The van der Waals surface area contributed by atoms with Crippen LogP contribution >= 0.6 is 0 Å². The van der Waals surface area contributed by atoms with Gasteiger partial charge in [-0.2, -0.15) is 0 Å². The molecule has 1 nitrogen and oxygen atoms in total. The van der Waals surface area contributed by atoms with Crippen LogP contribution < -0.4 is 0 Å². The number of hydrogen-bond donors (Lipinski definition) is 0. The molecule has 0 atom stereocenters. The van der Waals surface area contributed by atoms with Gasteiger partial charge in [0.05, 0.1) is 39.8 Å². The molecule has 0 saturated heterocycles. The summed E-state index contributed by atoms with van der Waals surface area (Å²) in [4.78, 5) is 0. The smallest absolute Gasteiger partial charge is 0.143 e. The first kappa shape index (κ1) is 12.0. The molecule has 0 amide bonds. The summed E-state index contributed by atoms with van der Waals surface area (Å²) in [5.74, 6) is 0. The van der Waals surface area contributed by atoms with Crippen LogP contribution in [0.3, 0.4) is 0 Å². The monoisotopic (exact) mass is 675 g/mol. The van der Waals surface area contributed by atoms with Crippen LogP contribution in [0.5, 0.6) is 0 Å². The lowest BCUT2D eigenvalue weighted by atomic mass is 9.84. The molecule has 0 aliphatic carbocycles. The minimum absolute atomic E-state index is 0.375. The number of benzene rings is 10. The molecule has 0 spiro atoms. The Bertz CT molecular complexity index is 4760. The van der Waals surface area contributed by atoms with Gasteiger partial charge in [-0.3, -0.25) is 0 Å². The standard InChI is InChI=1S/C50H30O/c1-2-13-31(14-3-1)32-25-27-36-37-28-26-33(30-46(37)35-16-5-4-15-34(35)45(36)29-32)48-39-18-6-8-20-41(39)49(42-21-9-7-19-40(42)48)44-23-12-22-43-38-17-10-11-24-47(38)51-50(43)44/h1-30H/i1D,2D,3D,4D,5D,6D,7D,8D,9D,10D,11D,12D,13D,14D,15D,16D,17D,18D,19D,20D,21D,22D,23D,24D,25D,26D,28D,29D,30D. The summed E-state index contributed by atoms with van der Waals surface area (Å²) in [6.07, 6.45) is 0. The molecule has 0 aliphatic rings. The first-order valence-corrected chi connectivity index (χ1v) is 15.2. The maximum atomic E-state index is 10.2. The Labute approximate surface area is 335 Å². The molecule has 0 saturated carbocycles. The summed E-state index contributed by atoms with van der Waals surface area (Å²) in [7, 11) is 0. The Hall–Kier alpha value is -6.70. The van der Waals surface area contributed by atoms with Crippen LogP contribution in [0.4, 0.5) is 0 Å². The fraction of sp³-hybridized carbons (Fsp3) is 0. The van der Waals surface area contributed by atoms with E-state index >= 15 is 0 Å². The number of hydrogen-bond acceptors (Lipinski definition) is 1. The van der Waals surface area contributed by atoms with Crippen LogP contribution in [0.1, 0.15) is 39.8 Å². The summed E-state index contributed by atoms with van der Waals surface area (Å²) < 4.78 is 269. The molecule has 0 N–H and O–H groups in total. The van der Waals surface area contributed by atoms with Gasteiger partial charge in [-0.25, -0.2) is 0 Å². The van der Waals surface area contributed by atoms with Gasteiger partial charge in [-0.05, 0) is 94.2 Å². The van der Waals surface area contributed by atoms with Gasteiger partial charge in [0.1, 0.15) is 11.2 Å². The maximum absolute atomic E-state index is 10.2. The van der Waals surface area contributed by atoms with Crippen molar-refractivity contribution in [3.05, 3.63) is 181 Å². The highest BCUT2D eigenvalue weighted by molar-refractivity contribution is 6.28. The lowest BCUT2D eigenvalue weighted by Crippen LogP contribution is -1.92. The number of fused-ring (bicyclic) bond motifs is 11. The van der Waals surface area contributed by atoms with Crippen LogP contribution in [-0.4, -0.2) is 0 Å². The third-order valence-electron chi connectivity index (χ3n) is 8.71. The van der Waals surface area contributed by atoms with Crippen molar-refractivity contribution in [3.63, 3.8) is 0 Å². The Morgan fingerprint density at radius 1 is 0.314 bits per heavy atom. The van der Waals surface area contributed by atoms with Crippen molar-refractivity contribution < 1.29 is 44.2 Å². The average molecular weight is 676 g/mol. The van der Waals surface area contributed by atoms with Gasteiger partial charge in [0.25, 0.3) is 0 Å². The molecule has 0 fully saturated rings. The minimum atomic E-state index is -1.02. The van der Waals surface area contributed by atoms with Gasteiger partial charge in [0.15, 0.2) is 0 Å². The average Bonchev–Trinajstić information content (AvgIpc) is 3.81. The largest absolute Gasteiger partial charge is 0.455 e. The van der Waals surface area contributed by atoms with E-state index in [1.807, 2.05) is 0 Å². The molecule has 0 unspecified atom stereocenters. The minimum Gasteiger partial charge on any atom is -0.455 e. The summed E-state index contributed by atoms with van der Waals surface area (Å²) in [6.45, 7) is 0.